The molecule has 0 spiro atoms. The summed E-state index contributed by atoms with van der Waals surface area (Å²) in [6.45, 7) is 2.59. The van der Waals surface area contributed by atoms with Crippen molar-refractivity contribution in [2.24, 2.45) is 0 Å². The Kier molecular flexibility index (Phi) is 5.66. The zero-order valence-corrected chi connectivity index (χ0v) is 18.7. The standard InChI is InChI=1S/C25H28N4O4/c1-33-19-10-8-17(9-11-19)27-12-14-28(15-13-27)22(30)16-26-24(31)23-20-4-2-3-5-21(20)25(32)29(23)18-6-7-18/h2-5,8-11,18,23H,6-7,12-16H2,1H3,(H,26,31). The van der Waals surface area contributed by atoms with E-state index < -0.39 is 6.04 Å². The fourth-order valence-electron chi connectivity index (χ4n) is 4.71. The van der Waals surface area contributed by atoms with Gasteiger partial charge in [-0.1, -0.05) is 18.2 Å². The molecular weight excluding hydrogens is 420 g/mol. The lowest BCUT2D eigenvalue weighted by Gasteiger charge is -2.36. The number of nitrogens with zero attached hydrogens (tertiary/aromatic N) is 3. The average molecular weight is 449 g/mol. The van der Waals surface area contributed by atoms with E-state index in [1.54, 1.807) is 23.0 Å². The molecule has 33 heavy (non-hydrogen) atoms. The van der Waals surface area contributed by atoms with Crippen LogP contribution in [0.1, 0.15) is 34.8 Å². The van der Waals surface area contributed by atoms with Gasteiger partial charge in [0.05, 0.1) is 13.7 Å². The number of ether oxygens (including phenoxy) is 1. The van der Waals surface area contributed by atoms with E-state index in [2.05, 4.69) is 10.2 Å². The number of anilines is 1. The summed E-state index contributed by atoms with van der Waals surface area (Å²) in [5, 5.41) is 2.80. The largest absolute Gasteiger partial charge is 0.497 e. The van der Waals surface area contributed by atoms with Gasteiger partial charge in [0.15, 0.2) is 0 Å². The summed E-state index contributed by atoms with van der Waals surface area (Å²) < 4.78 is 5.21. The molecule has 0 aromatic heterocycles. The number of nitrogens with one attached hydrogen (secondary N) is 1. The van der Waals surface area contributed by atoms with Gasteiger partial charge in [-0.05, 0) is 48.7 Å². The van der Waals surface area contributed by atoms with Crippen LogP contribution < -0.4 is 15.0 Å². The first-order chi connectivity index (χ1) is 16.1. The number of fused-ring (bicyclic) bond motifs is 1. The van der Waals surface area contributed by atoms with Gasteiger partial charge in [0, 0.05) is 43.5 Å². The van der Waals surface area contributed by atoms with E-state index in [0.717, 1.165) is 42.9 Å². The Labute approximate surface area is 193 Å². The minimum atomic E-state index is -0.652. The minimum Gasteiger partial charge on any atom is -0.497 e. The molecule has 1 unspecified atom stereocenters. The van der Waals surface area contributed by atoms with Gasteiger partial charge in [0.25, 0.3) is 5.91 Å². The van der Waals surface area contributed by atoms with E-state index in [1.807, 2.05) is 42.5 Å². The smallest absolute Gasteiger partial charge is 0.255 e. The van der Waals surface area contributed by atoms with Gasteiger partial charge in [-0.2, -0.15) is 0 Å². The van der Waals surface area contributed by atoms with Crippen LogP contribution in [0.3, 0.4) is 0 Å². The lowest BCUT2D eigenvalue weighted by Crippen LogP contribution is -2.52. The van der Waals surface area contributed by atoms with Crippen LogP contribution in [0.4, 0.5) is 5.69 Å². The number of amides is 3. The van der Waals surface area contributed by atoms with Crippen molar-refractivity contribution in [1.29, 1.82) is 0 Å². The van der Waals surface area contributed by atoms with E-state index in [0.29, 0.717) is 18.7 Å². The van der Waals surface area contributed by atoms with Crippen LogP contribution in [0.2, 0.25) is 0 Å². The summed E-state index contributed by atoms with van der Waals surface area (Å²) in [6, 6.07) is 14.6. The second-order valence-electron chi connectivity index (χ2n) is 8.72. The van der Waals surface area contributed by atoms with Gasteiger partial charge in [-0.3, -0.25) is 14.4 Å². The first-order valence-electron chi connectivity index (χ1n) is 11.4. The molecule has 2 fully saturated rings. The van der Waals surface area contributed by atoms with Crippen molar-refractivity contribution in [3.63, 3.8) is 0 Å². The summed E-state index contributed by atoms with van der Waals surface area (Å²) in [7, 11) is 1.64. The fourth-order valence-corrected chi connectivity index (χ4v) is 4.71. The van der Waals surface area contributed by atoms with Crippen LogP contribution in [0.25, 0.3) is 0 Å². The van der Waals surface area contributed by atoms with Crippen molar-refractivity contribution in [3.8, 4) is 5.75 Å². The molecule has 2 heterocycles. The summed E-state index contributed by atoms with van der Waals surface area (Å²) in [6.07, 6.45) is 1.84. The van der Waals surface area contributed by atoms with Gasteiger partial charge in [0.2, 0.25) is 11.8 Å². The maximum atomic E-state index is 13.1. The zero-order chi connectivity index (χ0) is 22.9. The SMILES string of the molecule is COc1ccc(N2CCN(C(=O)CNC(=O)C3c4ccccc4C(=O)N3C3CC3)CC2)cc1. The molecule has 2 aromatic carbocycles. The van der Waals surface area contributed by atoms with Crippen molar-refractivity contribution in [3.05, 3.63) is 59.7 Å². The fraction of sp³-hybridized carbons (Fsp3) is 0.400. The predicted molar refractivity (Wildman–Crippen MR) is 123 cm³/mol. The lowest BCUT2D eigenvalue weighted by molar-refractivity contribution is -0.134. The van der Waals surface area contributed by atoms with Crippen LogP contribution in [0.15, 0.2) is 48.5 Å². The molecule has 8 heteroatoms. The molecule has 3 aliphatic rings. The average Bonchev–Trinajstić information content (AvgIpc) is 3.66. The van der Waals surface area contributed by atoms with Crippen molar-refractivity contribution in [2.45, 2.75) is 24.9 Å². The molecule has 172 valence electrons. The highest BCUT2D eigenvalue weighted by Crippen LogP contribution is 2.41. The number of carbonyl (C=O) groups excluding carboxylic acids is 3. The van der Waals surface area contributed by atoms with Gasteiger partial charge in [-0.25, -0.2) is 0 Å². The Morgan fingerprint density at radius 2 is 1.70 bits per heavy atom. The van der Waals surface area contributed by atoms with Crippen molar-refractivity contribution in [2.75, 3.05) is 44.7 Å². The number of rotatable bonds is 6. The topological polar surface area (TPSA) is 82.2 Å². The highest BCUT2D eigenvalue weighted by Gasteiger charge is 2.47. The number of piperazine rings is 1. The Hall–Kier alpha value is -3.55. The van der Waals surface area contributed by atoms with E-state index >= 15 is 0 Å². The van der Waals surface area contributed by atoms with Crippen LogP contribution in [0, 0.1) is 0 Å². The van der Waals surface area contributed by atoms with Gasteiger partial charge >= 0.3 is 0 Å². The number of hydrogen-bond acceptors (Lipinski definition) is 5. The molecule has 1 N–H and O–H groups in total. The van der Waals surface area contributed by atoms with Crippen LogP contribution in [-0.4, -0.2) is 73.4 Å². The Balaban J connectivity index is 1.17. The molecule has 2 aromatic rings. The zero-order valence-electron chi connectivity index (χ0n) is 18.7. The van der Waals surface area contributed by atoms with Gasteiger partial charge in [0.1, 0.15) is 11.8 Å². The third kappa shape index (κ3) is 4.13. The van der Waals surface area contributed by atoms with E-state index in [9.17, 15) is 14.4 Å². The first kappa shape index (κ1) is 21.3. The molecule has 1 saturated heterocycles. The monoisotopic (exact) mass is 448 g/mol. The second kappa shape index (κ2) is 8.77. The Bertz CT molecular complexity index is 1060. The normalized spacial score (nSPS) is 20.0. The van der Waals surface area contributed by atoms with Gasteiger partial charge < -0.3 is 24.8 Å². The number of carbonyl (C=O) groups is 3. The highest BCUT2D eigenvalue weighted by molar-refractivity contribution is 6.05. The third-order valence-electron chi connectivity index (χ3n) is 6.67. The highest BCUT2D eigenvalue weighted by atomic mass is 16.5. The predicted octanol–water partition coefficient (Wildman–Crippen LogP) is 1.82. The molecule has 5 rings (SSSR count). The molecule has 1 aliphatic carbocycles. The minimum absolute atomic E-state index is 0.0628. The molecule has 1 saturated carbocycles. The van der Waals surface area contributed by atoms with Crippen LogP contribution in [0.5, 0.6) is 5.75 Å². The molecule has 0 bridgehead atoms. The quantitative estimate of drug-likeness (QED) is 0.729. The van der Waals surface area contributed by atoms with Crippen molar-refractivity contribution < 1.29 is 19.1 Å². The van der Waals surface area contributed by atoms with Crippen molar-refractivity contribution in [1.82, 2.24) is 15.1 Å². The lowest BCUT2D eigenvalue weighted by atomic mass is 10.0. The summed E-state index contributed by atoms with van der Waals surface area (Å²) in [5.74, 6) is 0.336. The third-order valence-corrected chi connectivity index (χ3v) is 6.67. The summed E-state index contributed by atoms with van der Waals surface area (Å²) in [5.41, 5.74) is 2.42. The molecule has 2 aliphatic heterocycles. The maximum Gasteiger partial charge on any atom is 0.255 e. The summed E-state index contributed by atoms with van der Waals surface area (Å²) >= 11 is 0. The number of methoxy groups -OCH3 is 1. The Morgan fingerprint density at radius 3 is 2.36 bits per heavy atom. The van der Waals surface area contributed by atoms with Crippen LogP contribution in [-0.2, 0) is 9.59 Å². The number of benzene rings is 2. The summed E-state index contributed by atoms with van der Waals surface area (Å²) in [4.78, 5) is 44.4. The van der Waals surface area contributed by atoms with E-state index in [-0.39, 0.29) is 30.3 Å². The maximum absolute atomic E-state index is 13.1. The molecule has 3 amide bonds. The molecule has 1 atom stereocenters. The molecule has 8 nitrogen and oxygen atoms in total. The number of hydrogen-bond donors (Lipinski definition) is 1. The molecule has 0 radical (unpaired) electrons. The second-order valence-corrected chi connectivity index (χ2v) is 8.72. The first-order valence-corrected chi connectivity index (χ1v) is 11.4. The van der Waals surface area contributed by atoms with Gasteiger partial charge in [-0.15, -0.1) is 0 Å². The van der Waals surface area contributed by atoms with Crippen molar-refractivity contribution >= 4 is 23.4 Å². The molecular formula is C25H28N4O4. The van der Waals surface area contributed by atoms with E-state index in [1.165, 1.54) is 0 Å². The Morgan fingerprint density at radius 1 is 1.00 bits per heavy atom. The van der Waals surface area contributed by atoms with Crippen LogP contribution >= 0.6 is 0 Å². The van der Waals surface area contributed by atoms with E-state index in [4.69, 9.17) is 4.74 Å².